The Morgan fingerprint density at radius 3 is 2.92 bits per heavy atom. The summed E-state index contributed by atoms with van der Waals surface area (Å²) >= 11 is 1.57. The maximum atomic E-state index is 10.6. The molecule has 0 radical (unpaired) electrons. The van der Waals surface area contributed by atoms with Crippen LogP contribution in [0.3, 0.4) is 0 Å². The van der Waals surface area contributed by atoms with Crippen LogP contribution >= 0.6 is 11.3 Å². The average molecular weight is 182 g/mol. The number of hydrogen-bond donors (Lipinski definition) is 1. The molecule has 1 aromatic rings. The summed E-state index contributed by atoms with van der Waals surface area (Å²) in [6, 6.07) is 1.91. The van der Waals surface area contributed by atoms with Crippen molar-refractivity contribution >= 4 is 23.4 Å². The van der Waals surface area contributed by atoms with E-state index in [1.165, 1.54) is 0 Å². The monoisotopic (exact) mass is 182 g/mol. The summed E-state index contributed by atoms with van der Waals surface area (Å²) in [5.74, 6) is -0.830. The van der Waals surface area contributed by atoms with Gasteiger partial charge in [-0.2, -0.15) is 11.3 Å². The number of rotatable bonds is 3. The first-order valence-electron chi connectivity index (χ1n) is 3.70. The Kier molecular flexibility index (Phi) is 3.05. The highest BCUT2D eigenvalue weighted by Gasteiger charge is 2.03. The predicted octanol–water partition coefficient (Wildman–Crippen LogP) is 2.63. The molecular weight excluding hydrogens is 172 g/mol. The lowest BCUT2D eigenvalue weighted by Gasteiger charge is -1.94. The fourth-order valence-electron chi connectivity index (χ4n) is 0.873. The fourth-order valence-corrected chi connectivity index (χ4v) is 1.49. The van der Waals surface area contributed by atoms with Gasteiger partial charge in [0.05, 0.1) is 0 Å². The third kappa shape index (κ3) is 2.20. The number of hydrogen-bond acceptors (Lipinski definition) is 2. The molecule has 0 aliphatic carbocycles. The molecule has 0 saturated heterocycles. The van der Waals surface area contributed by atoms with Crippen molar-refractivity contribution in [3.63, 3.8) is 0 Å². The zero-order valence-electron chi connectivity index (χ0n) is 6.78. The lowest BCUT2D eigenvalue weighted by Crippen LogP contribution is -1.98. The molecule has 0 unspecified atom stereocenters. The molecule has 0 aliphatic rings. The Morgan fingerprint density at radius 2 is 2.50 bits per heavy atom. The third-order valence-electron chi connectivity index (χ3n) is 1.54. The molecule has 3 heteroatoms. The molecule has 1 rings (SSSR count). The van der Waals surface area contributed by atoms with Gasteiger partial charge in [-0.05, 0) is 34.9 Å². The minimum atomic E-state index is -0.830. The van der Waals surface area contributed by atoms with Gasteiger partial charge in [0.2, 0.25) is 0 Å². The van der Waals surface area contributed by atoms with Gasteiger partial charge in [0.25, 0.3) is 0 Å². The van der Waals surface area contributed by atoms with Gasteiger partial charge < -0.3 is 5.11 Å². The van der Waals surface area contributed by atoms with Crippen LogP contribution in [0.15, 0.2) is 22.4 Å². The lowest BCUT2D eigenvalue weighted by molar-refractivity contribution is -0.132. The summed E-state index contributed by atoms with van der Waals surface area (Å²) in [6.45, 7) is 1.84. The van der Waals surface area contributed by atoms with Crippen molar-refractivity contribution in [2.24, 2.45) is 0 Å². The van der Waals surface area contributed by atoms with Crippen LogP contribution < -0.4 is 0 Å². The van der Waals surface area contributed by atoms with Crippen molar-refractivity contribution in [2.45, 2.75) is 13.3 Å². The standard InChI is InChI=1S/C9H10O2S/c1-2-8(9(10)11)5-7-3-4-12-6-7/h3-6H,2H2,1H3,(H,10,11). The van der Waals surface area contributed by atoms with Crippen molar-refractivity contribution in [3.05, 3.63) is 28.0 Å². The highest BCUT2D eigenvalue weighted by Crippen LogP contribution is 2.12. The van der Waals surface area contributed by atoms with E-state index in [4.69, 9.17) is 5.11 Å². The summed E-state index contributed by atoms with van der Waals surface area (Å²) in [6.07, 6.45) is 2.27. The molecule has 64 valence electrons. The smallest absolute Gasteiger partial charge is 0.331 e. The van der Waals surface area contributed by atoms with Crippen LogP contribution in [0.4, 0.5) is 0 Å². The Bertz CT molecular complexity index is 285. The molecule has 2 nitrogen and oxygen atoms in total. The molecule has 0 spiro atoms. The number of carbonyl (C=O) groups is 1. The van der Waals surface area contributed by atoms with Gasteiger partial charge >= 0.3 is 5.97 Å². The summed E-state index contributed by atoms with van der Waals surface area (Å²) in [5, 5.41) is 12.6. The maximum Gasteiger partial charge on any atom is 0.331 e. The second-order valence-corrected chi connectivity index (χ2v) is 3.16. The molecule has 0 bridgehead atoms. The van der Waals surface area contributed by atoms with Gasteiger partial charge in [-0.25, -0.2) is 4.79 Å². The first kappa shape index (κ1) is 9.00. The second-order valence-electron chi connectivity index (χ2n) is 2.38. The number of carboxylic acids is 1. The first-order valence-corrected chi connectivity index (χ1v) is 4.64. The van der Waals surface area contributed by atoms with Crippen molar-refractivity contribution in [3.8, 4) is 0 Å². The van der Waals surface area contributed by atoms with E-state index in [9.17, 15) is 4.79 Å². The van der Waals surface area contributed by atoms with Gasteiger partial charge in [-0.1, -0.05) is 6.92 Å². The van der Waals surface area contributed by atoms with Gasteiger partial charge in [-0.3, -0.25) is 0 Å². The maximum absolute atomic E-state index is 10.6. The Hall–Kier alpha value is -1.09. The lowest BCUT2D eigenvalue weighted by atomic mass is 10.1. The van der Waals surface area contributed by atoms with Crippen molar-refractivity contribution in [1.82, 2.24) is 0 Å². The highest BCUT2D eigenvalue weighted by atomic mass is 32.1. The van der Waals surface area contributed by atoms with E-state index >= 15 is 0 Å². The van der Waals surface area contributed by atoms with Crippen LogP contribution in [-0.4, -0.2) is 11.1 Å². The summed E-state index contributed by atoms with van der Waals surface area (Å²) in [7, 11) is 0. The molecule has 0 amide bonds. The van der Waals surface area contributed by atoms with Crippen molar-refractivity contribution in [1.29, 1.82) is 0 Å². The Morgan fingerprint density at radius 1 is 1.75 bits per heavy atom. The third-order valence-corrected chi connectivity index (χ3v) is 2.24. The summed E-state index contributed by atoms with van der Waals surface area (Å²) < 4.78 is 0. The Balaban J connectivity index is 2.85. The fraction of sp³-hybridized carbons (Fsp3) is 0.222. The molecule has 0 saturated carbocycles. The minimum Gasteiger partial charge on any atom is -0.478 e. The average Bonchev–Trinajstić information content (AvgIpc) is 2.51. The normalized spacial score (nSPS) is 11.6. The molecule has 1 aromatic heterocycles. The molecular formula is C9H10O2S. The van der Waals surface area contributed by atoms with Crippen LogP contribution in [0, 0.1) is 0 Å². The van der Waals surface area contributed by atoms with Crippen LogP contribution in [-0.2, 0) is 4.79 Å². The van der Waals surface area contributed by atoms with Crippen LogP contribution in [0.1, 0.15) is 18.9 Å². The molecule has 0 aliphatic heterocycles. The van der Waals surface area contributed by atoms with Crippen molar-refractivity contribution in [2.75, 3.05) is 0 Å². The molecule has 0 fully saturated rings. The second kappa shape index (κ2) is 4.07. The van der Waals surface area contributed by atoms with E-state index in [2.05, 4.69) is 0 Å². The topological polar surface area (TPSA) is 37.3 Å². The Labute approximate surface area is 75.2 Å². The SMILES string of the molecule is CCC(=Cc1ccsc1)C(=O)O. The zero-order valence-corrected chi connectivity index (χ0v) is 7.60. The number of aliphatic carboxylic acids is 1. The number of thiophene rings is 1. The van der Waals surface area contributed by atoms with E-state index in [-0.39, 0.29) is 0 Å². The van der Waals surface area contributed by atoms with E-state index in [0.717, 1.165) is 5.56 Å². The van der Waals surface area contributed by atoms with E-state index in [0.29, 0.717) is 12.0 Å². The van der Waals surface area contributed by atoms with Gasteiger partial charge in [0.15, 0.2) is 0 Å². The number of carboxylic acid groups (broad SMARTS) is 1. The molecule has 1 heterocycles. The first-order chi connectivity index (χ1) is 5.74. The molecule has 0 atom stereocenters. The van der Waals surface area contributed by atoms with Gasteiger partial charge in [0, 0.05) is 5.57 Å². The largest absolute Gasteiger partial charge is 0.478 e. The van der Waals surface area contributed by atoms with Gasteiger partial charge in [-0.15, -0.1) is 0 Å². The molecule has 12 heavy (non-hydrogen) atoms. The van der Waals surface area contributed by atoms with E-state index in [1.807, 2.05) is 23.8 Å². The van der Waals surface area contributed by atoms with E-state index in [1.54, 1.807) is 17.4 Å². The molecule has 1 N–H and O–H groups in total. The van der Waals surface area contributed by atoms with Crippen molar-refractivity contribution < 1.29 is 9.90 Å². The van der Waals surface area contributed by atoms with Crippen LogP contribution in [0.25, 0.3) is 6.08 Å². The minimum absolute atomic E-state index is 0.452. The van der Waals surface area contributed by atoms with Crippen LogP contribution in [0.2, 0.25) is 0 Å². The van der Waals surface area contributed by atoms with Gasteiger partial charge in [0.1, 0.15) is 0 Å². The predicted molar refractivity (Wildman–Crippen MR) is 50.2 cm³/mol. The summed E-state index contributed by atoms with van der Waals surface area (Å²) in [4.78, 5) is 10.6. The molecule has 0 aromatic carbocycles. The highest BCUT2D eigenvalue weighted by molar-refractivity contribution is 7.08. The zero-order chi connectivity index (χ0) is 8.97. The van der Waals surface area contributed by atoms with E-state index < -0.39 is 5.97 Å². The quantitative estimate of drug-likeness (QED) is 0.729. The summed E-state index contributed by atoms with van der Waals surface area (Å²) in [5.41, 5.74) is 1.42. The van der Waals surface area contributed by atoms with Crippen LogP contribution in [0.5, 0.6) is 0 Å².